The minimum atomic E-state index is -0.358. The maximum atomic E-state index is 12.2. The van der Waals surface area contributed by atoms with Crippen LogP contribution in [0.25, 0.3) is 0 Å². The Morgan fingerprint density at radius 3 is 2.31 bits per heavy atom. The quantitative estimate of drug-likeness (QED) is 0.656. The lowest BCUT2D eigenvalue weighted by molar-refractivity contribution is 0.102. The van der Waals surface area contributed by atoms with E-state index in [2.05, 4.69) is 20.6 Å². The van der Waals surface area contributed by atoms with Crippen LogP contribution in [-0.4, -0.2) is 23.0 Å². The van der Waals surface area contributed by atoms with E-state index in [0.717, 1.165) is 0 Å². The van der Waals surface area contributed by atoms with Gasteiger partial charge in [-0.25, -0.2) is 9.97 Å². The number of rotatable bonds is 5. The SMILES string of the molecule is COc1ccc(NC(=O)c2cnc(Nc3ccc(Cl)c(Cl)c3)cn2)cc1. The van der Waals surface area contributed by atoms with E-state index in [9.17, 15) is 4.79 Å². The Labute approximate surface area is 160 Å². The van der Waals surface area contributed by atoms with E-state index in [0.29, 0.717) is 33.0 Å². The van der Waals surface area contributed by atoms with Gasteiger partial charge in [-0.15, -0.1) is 0 Å². The molecule has 0 saturated heterocycles. The zero-order chi connectivity index (χ0) is 18.5. The van der Waals surface area contributed by atoms with Gasteiger partial charge in [0, 0.05) is 11.4 Å². The lowest BCUT2D eigenvalue weighted by atomic mass is 10.3. The van der Waals surface area contributed by atoms with Crippen molar-refractivity contribution < 1.29 is 9.53 Å². The third kappa shape index (κ3) is 4.41. The van der Waals surface area contributed by atoms with Crippen LogP contribution in [0.4, 0.5) is 17.2 Å². The molecule has 2 aromatic carbocycles. The molecule has 0 aliphatic heterocycles. The van der Waals surface area contributed by atoms with Gasteiger partial charge in [0.05, 0.1) is 29.5 Å². The molecule has 1 heterocycles. The maximum absolute atomic E-state index is 12.2. The second-order valence-corrected chi connectivity index (χ2v) is 6.04. The Balaban J connectivity index is 1.66. The number of halogens is 2. The first-order valence-electron chi connectivity index (χ1n) is 7.54. The zero-order valence-corrected chi connectivity index (χ0v) is 15.2. The predicted octanol–water partition coefficient (Wildman–Crippen LogP) is 4.79. The monoisotopic (exact) mass is 388 g/mol. The first-order chi connectivity index (χ1) is 12.5. The highest BCUT2D eigenvalue weighted by Gasteiger charge is 2.09. The van der Waals surface area contributed by atoms with Crippen molar-refractivity contribution in [3.05, 3.63) is 70.6 Å². The Hall–Kier alpha value is -2.83. The van der Waals surface area contributed by atoms with E-state index >= 15 is 0 Å². The van der Waals surface area contributed by atoms with Crippen LogP contribution in [0, 0.1) is 0 Å². The van der Waals surface area contributed by atoms with Crippen molar-refractivity contribution in [2.75, 3.05) is 17.7 Å². The molecule has 0 radical (unpaired) electrons. The summed E-state index contributed by atoms with van der Waals surface area (Å²) in [7, 11) is 1.58. The molecule has 0 fully saturated rings. The summed E-state index contributed by atoms with van der Waals surface area (Å²) in [4.78, 5) is 20.5. The van der Waals surface area contributed by atoms with Crippen molar-refractivity contribution >= 4 is 46.3 Å². The molecule has 1 amide bonds. The van der Waals surface area contributed by atoms with Gasteiger partial charge in [0.25, 0.3) is 5.91 Å². The molecule has 0 aliphatic carbocycles. The van der Waals surface area contributed by atoms with Crippen LogP contribution in [0.1, 0.15) is 10.5 Å². The van der Waals surface area contributed by atoms with Crippen molar-refractivity contribution in [1.29, 1.82) is 0 Å². The van der Waals surface area contributed by atoms with Crippen molar-refractivity contribution in [2.24, 2.45) is 0 Å². The average molecular weight is 389 g/mol. The summed E-state index contributed by atoms with van der Waals surface area (Å²) in [6.07, 6.45) is 2.85. The fourth-order valence-electron chi connectivity index (χ4n) is 2.10. The minimum absolute atomic E-state index is 0.195. The summed E-state index contributed by atoms with van der Waals surface area (Å²) in [5, 5.41) is 6.68. The van der Waals surface area contributed by atoms with Crippen molar-refractivity contribution in [2.45, 2.75) is 0 Å². The first-order valence-corrected chi connectivity index (χ1v) is 8.30. The van der Waals surface area contributed by atoms with Crippen LogP contribution < -0.4 is 15.4 Å². The number of nitrogens with zero attached hydrogens (tertiary/aromatic N) is 2. The topological polar surface area (TPSA) is 76.1 Å². The lowest BCUT2D eigenvalue weighted by Gasteiger charge is -2.08. The second kappa shape index (κ2) is 8.03. The number of hydrogen-bond donors (Lipinski definition) is 2. The number of carbonyl (C=O) groups excluding carboxylic acids is 1. The van der Waals surface area contributed by atoms with E-state index in [1.807, 2.05) is 0 Å². The van der Waals surface area contributed by atoms with Crippen molar-refractivity contribution in [3.63, 3.8) is 0 Å². The summed E-state index contributed by atoms with van der Waals surface area (Å²) in [6, 6.07) is 12.1. The van der Waals surface area contributed by atoms with E-state index < -0.39 is 0 Å². The van der Waals surface area contributed by atoms with Crippen LogP contribution in [0.15, 0.2) is 54.9 Å². The maximum Gasteiger partial charge on any atom is 0.275 e. The number of carbonyl (C=O) groups is 1. The third-order valence-electron chi connectivity index (χ3n) is 3.42. The molecule has 3 aromatic rings. The number of anilines is 3. The van der Waals surface area contributed by atoms with Gasteiger partial charge in [0.2, 0.25) is 0 Å². The number of ether oxygens (including phenoxy) is 1. The number of amides is 1. The standard InChI is InChI=1S/C18H14Cl2N4O2/c1-26-13-5-2-11(3-6-13)24-18(25)16-9-22-17(10-21-16)23-12-4-7-14(19)15(20)8-12/h2-10H,1H3,(H,22,23)(H,24,25). The lowest BCUT2D eigenvalue weighted by Crippen LogP contribution is -2.14. The number of aromatic nitrogens is 2. The molecule has 8 heteroatoms. The number of nitrogens with one attached hydrogen (secondary N) is 2. The van der Waals surface area contributed by atoms with Gasteiger partial charge in [-0.05, 0) is 42.5 Å². The molecule has 0 atom stereocenters. The summed E-state index contributed by atoms with van der Waals surface area (Å²) >= 11 is 11.9. The molecule has 26 heavy (non-hydrogen) atoms. The van der Waals surface area contributed by atoms with Gasteiger partial charge >= 0.3 is 0 Å². The molecule has 1 aromatic heterocycles. The van der Waals surface area contributed by atoms with Crippen molar-refractivity contribution in [1.82, 2.24) is 9.97 Å². The normalized spacial score (nSPS) is 10.3. The van der Waals surface area contributed by atoms with Gasteiger partial charge in [-0.1, -0.05) is 23.2 Å². The number of hydrogen-bond acceptors (Lipinski definition) is 5. The van der Waals surface area contributed by atoms with Crippen LogP contribution >= 0.6 is 23.2 Å². The molecule has 0 unspecified atom stereocenters. The van der Waals surface area contributed by atoms with Crippen LogP contribution in [0.2, 0.25) is 10.0 Å². The second-order valence-electron chi connectivity index (χ2n) is 5.22. The average Bonchev–Trinajstić information content (AvgIpc) is 2.66. The highest BCUT2D eigenvalue weighted by Crippen LogP contribution is 2.26. The predicted molar refractivity (Wildman–Crippen MR) is 103 cm³/mol. The summed E-state index contributed by atoms with van der Waals surface area (Å²) in [5.74, 6) is 0.827. The zero-order valence-electron chi connectivity index (χ0n) is 13.7. The van der Waals surface area contributed by atoms with Crippen LogP contribution in [0.3, 0.4) is 0 Å². The first kappa shape index (κ1) is 18.0. The molecular weight excluding hydrogens is 375 g/mol. The van der Waals surface area contributed by atoms with Gasteiger partial charge in [-0.2, -0.15) is 0 Å². The van der Waals surface area contributed by atoms with Gasteiger partial charge < -0.3 is 15.4 Å². The van der Waals surface area contributed by atoms with E-state index in [1.165, 1.54) is 12.4 Å². The Kier molecular flexibility index (Phi) is 5.55. The molecule has 0 aliphatic rings. The van der Waals surface area contributed by atoms with Gasteiger partial charge in [0.15, 0.2) is 0 Å². The summed E-state index contributed by atoms with van der Waals surface area (Å²) in [6.45, 7) is 0. The Morgan fingerprint density at radius 2 is 1.69 bits per heavy atom. The number of benzene rings is 2. The molecule has 3 rings (SSSR count). The third-order valence-corrected chi connectivity index (χ3v) is 4.16. The van der Waals surface area contributed by atoms with Crippen LogP contribution in [-0.2, 0) is 0 Å². The summed E-state index contributed by atoms with van der Waals surface area (Å²) < 4.78 is 5.08. The largest absolute Gasteiger partial charge is 0.497 e. The smallest absolute Gasteiger partial charge is 0.275 e. The molecule has 132 valence electrons. The summed E-state index contributed by atoms with van der Waals surface area (Å²) in [5.41, 5.74) is 1.54. The van der Waals surface area contributed by atoms with Crippen molar-refractivity contribution in [3.8, 4) is 5.75 Å². The molecule has 6 nitrogen and oxygen atoms in total. The fraction of sp³-hybridized carbons (Fsp3) is 0.0556. The molecule has 2 N–H and O–H groups in total. The van der Waals surface area contributed by atoms with E-state index in [4.69, 9.17) is 27.9 Å². The molecule has 0 spiro atoms. The molecule has 0 bridgehead atoms. The highest BCUT2D eigenvalue weighted by atomic mass is 35.5. The minimum Gasteiger partial charge on any atom is -0.497 e. The fourth-order valence-corrected chi connectivity index (χ4v) is 2.40. The highest BCUT2D eigenvalue weighted by molar-refractivity contribution is 6.42. The van der Waals surface area contributed by atoms with Crippen LogP contribution in [0.5, 0.6) is 5.75 Å². The Bertz CT molecular complexity index is 915. The molecule has 0 saturated carbocycles. The van der Waals surface area contributed by atoms with E-state index in [-0.39, 0.29) is 11.6 Å². The van der Waals surface area contributed by atoms with Gasteiger partial charge in [-0.3, -0.25) is 4.79 Å². The number of methoxy groups -OCH3 is 1. The van der Waals surface area contributed by atoms with E-state index in [1.54, 1.807) is 49.6 Å². The molecular formula is C18H14Cl2N4O2. The Morgan fingerprint density at radius 1 is 0.962 bits per heavy atom. The van der Waals surface area contributed by atoms with Gasteiger partial charge in [0.1, 0.15) is 17.3 Å².